The van der Waals surface area contributed by atoms with E-state index in [1.165, 1.54) is 6.42 Å². The quantitative estimate of drug-likeness (QED) is 0.767. The van der Waals surface area contributed by atoms with Crippen molar-refractivity contribution in [1.82, 2.24) is 0 Å². The molecule has 0 heterocycles. The topological polar surface area (TPSA) is 46.2 Å². The Morgan fingerprint density at radius 1 is 1.43 bits per heavy atom. The van der Waals surface area contributed by atoms with E-state index in [9.17, 15) is 5.11 Å². The van der Waals surface area contributed by atoms with Crippen LogP contribution in [0.5, 0.6) is 0 Å². The van der Waals surface area contributed by atoms with Crippen LogP contribution in [0.4, 0.5) is 0 Å². The summed E-state index contributed by atoms with van der Waals surface area (Å²) in [4.78, 5) is 0. The predicted molar refractivity (Wildman–Crippen MR) is 56.6 cm³/mol. The zero-order chi connectivity index (χ0) is 9.97. The van der Waals surface area contributed by atoms with Crippen molar-refractivity contribution < 1.29 is 5.11 Å². The van der Waals surface area contributed by atoms with Crippen LogP contribution in [-0.2, 0) is 6.54 Å². The van der Waals surface area contributed by atoms with Gasteiger partial charge in [0.1, 0.15) is 0 Å². The van der Waals surface area contributed by atoms with Crippen molar-refractivity contribution in [3.8, 4) is 0 Å². The van der Waals surface area contributed by atoms with E-state index in [1.807, 2.05) is 24.3 Å². The van der Waals surface area contributed by atoms with Crippen LogP contribution in [0.1, 0.15) is 36.5 Å². The number of nitrogens with two attached hydrogens (primary N) is 1. The Balaban J connectivity index is 2.13. The van der Waals surface area contributed by atoms with Crippen LogP contribution in [-0.4, -0.2) is 5.11 Å². The molecule has 1 fully saturated rings. The summed E-state index contributed by atoms with van der Waals surface area (Å²) in [5.74, 6) is 0.475. The zero-order valence-electron chi connectivity index (χ0n) is 8.32. The van der Waals surface area contributed by atoms with E-state index in [1.54, 1.807) is 0 Å². The maximum Gasteiger partial charge on any atom is 0.0818 e. The Labute approximate surface area is 84.7 Å². The van der Waals surface area contributed by atoms with E-state index in [0.717, 1.165) is 24.0 Å². The summed E-state index contributed by atoms with van der Waals surface area (Å²) >= 11 is 0. The molecule has 14 heavy (non-hydrogen) atoms. The smallest absolute Gasteiger partial charge is 0.0818 e. The summed E-state index contributed by atoms with van der Waals surface area (Å²) in [5, 5.41) is 10.0. The lowest BCUT2D eigenvalue weighted by molar-refractivity contribution is 0.0620. The SMILES string of the molecule is NCc1cccc(C(O)C2CCC2)c1. The third-order valence-corrected chi connectivity index (χ3v) is 3.12. The minimum Gasteiger partial charge on any atom is -0.388 e. The fourth-order valence-electron chi connectivity index (χ4n) is 1.93. The average Bonchev–Trinajstić information content (AvgIpc) is 2.15. The molecule has 2 rings (SSSR count). The molecule has 0 bridgehead atoms. The Bertz CT molecular complexity index is 307. The third-order valence-electron chi connectivity index (χ3n) is 3.12. The number of aliphatic hydroxyl groups excluding tert-OH is 1. The van der Waals surface area contributed by atoms with Gasteiger partial charge in [0.25, 0.3) is 0 Å². The molecule has 1 aliphatic carbocycles. The van der Waals surface area contributed by atoms with Crippen molar-refractivity contribution in [2.24, 2.45) is 11.7 Å². The third kappa shape index (κ3) is 1.81. The summed E-state index contributed by atoms with van der Waals surface area (Å²) in [6.07, 6.45) is 3.30. The molecule has 0 saturated heterocycles. The molecule has 0 radical (unpaired) electrons. The monoisotopic (exact) mass is 191 g/mol. The van der Waals surface area contributed by atoms with Crippen molar-refractivity contribution in [3.63, 3.8) is 0 Å². The minimum atomic E-state index is -0.282. The Morgan fingerprint density at radius 2 is 2.21 bits per heavy atom. The molecule has 0 aliphatic heterocycles. The minimum absolute atomic E-state index is 0.282. The zero-order valence-corrected chi connectivity index (χ0v) is 8.32. The molecule has 2 heteroatoms. The second kappa shape index (κ2) is 4.11. The highest BCUT2D eigenvalue weighted by molar-refractivity contribution is 5.25. The van der Waals surface area contributed by atoms with Gasteiger partial charge in [-0.15, -0.1) is 0 Å². The van der Waals surface area contributed by atoms with Gasteiger partial charge in [0.05, 0.1) is 6.10 Å². The molecule has 1 aromatic carbocycles. The van der Waals surface area contributed by atoms with E-state index in [0.29, 0.717) is 12.5 Å². The van der Waals surface area contributed by atoms with Gasteiger partial charge in [-0.3, -0.25) is 0 Å². The van der Waals surface area contributed by atoms with Gasteiger partial charge in [0, 0.05) is 6.54 Å². The van der Waals surface area contributed by atoms with Gasteiger partial charge in [-0.1, -0.05) is 30.7 Å². The summed E-state index contributed by atoms with van der Waals surface area (Å²) in [6.45, 7) is 0.547. The van der Waals surface area contributed by atoms with Crippen LogP contribution in [0.3, 0.4) is 0 Å². The van der Waals surface area contributed by atoms with Gasteiger partial charge in [-0.05, 0) is 29.9 Å². The number of hydrogen-bond donors (Lipinski definition) is 2. The molecule has 0 spiro atoms. The lowest BCUT2D eigenvalue weighted by atomic mass is 9.78. The van der Waals surface area contributed by atoms with Crippen LogP contribution in [0.2, 0.25) is 0 Å². The summed E-state index contributed by atoms with van der Waals surface area (Å²) < 4.78 is 0. The Hall–Kier alpha value is -0.860. The van der Waals surface area contributed by atoms with Gasteiger partial charge in [0.15, 0.2) is 0 Å². The van der Waals surface area contributed by atoms with Crippen LogP contribution >= 0.6 is 0 Å². The van der Waals surface area contributed by atoms with E-state index >= 15 is 0 Å². The molecule has 76 valence electrons. The van der Waals surface area contributed by atoms with Crippen LogP contribution in [0, 0.1) is 5.92 Å². The van der Waals surface area contributed by atoms with Crippen molar-refractivity contribution in [2.75, 3.05) is 0 Å². The number of rotatable bonds is 3. The normalized spacial score (nSPS) is 19.0. The number of hydrogen-bond acceptors (Lipinski definition) is 2. The predicted octanol–water partition coefficient (Wildman–Crippen LogP) is 1.98. The van der Waals surface area contributed by atoms with Gasteiger partial charge in [-0.2, -0.15) is 0 Å². The highest BCUT2D eigenvalue weighted by Crippen LogP contribution is 2.37. The summed E-state index contributed by atoms with van der Waals surface area (Å²) in [5.41, 5.74) is 7.68. The van der Waals surface area contributed by atoms with Crippen LogP contribution < -0.4 is 5.73 Å². The van der Waals surface area contributed by atoms with Crippen molar-refractivity contribution in [3.05, 3.63) is 35.4 Å². The molecular formula is C12H17NO. The molecule has 1 atom stereocenters. The van der Waals surface area contributed by atoms with E-state index in [4.69, 9.17) is 5.73 Å². The second-order valence-corrected chi connectivity index (χ2v) is 4.08. The fraction of sp³-hybridized carbons (Fsp3) is 0.500. The van der Waals surface area contributed by atoms with Crippen molar-refractivity contribution in [1.29, 1.82) is 0 Å². The molecule has 1 aromatic rings. The number of aliphatic hydroxyl groups is 1. The van der Waals surface area contributed by atoms with E-state index < -0.39 is 0 Å². The van der Waals surface area contributed by atoms with E-state index in [-0.39, 0.29) is 6.10 Å². The Morgan fingerprint density at radius 3 is 2.79 bits per heavy atom. The van der Waals surface area contributed by atoms with Crippen molar-refractivity contribution >= 4 is 0 Å². The highest BCUT2D eigenvalue weighted by Gasteiger charge is 2.26. The molecule has 1 saturated carbocycles. The van der Waals surface area contributed by atoms with Gasteiger partial charge >= 0.3 is 0 Å². The first-order chi connectivity index (χ1) is 6.81. The Kier molecular flexibility index (Phi) is 2.85. The fourth-order valence-corrected chi connectivity index (χ4v) is 1.93. The van der Waals surface area contributed by atoms with Gasteiger partial charge in [0.2, 0.25) is 0 Å². The second-order valence-electron chi connectivity index (χ2n) is 4.08. The molecule has 2 nitrogen and oxygen atoms in total. The van der Waals surface area contributed by atoms with Gasteiger partial charge in [-0.25, -0.2) is 0 Å². The average molecular weight is 191 g/mol. The summed E-state index contributed by atoms with van der Waals surface area (Å²) in [7, 11) is 0. The molecule has 0 aromatic heterocycles. The largest absolute Gasteiger partial charge is 0.388 e. The molecule has 3 N–H and O–H groups in total. The van der Waals surface area contributed by atoms with Crippen LogP contribution in [0.25, 0.3) is 0 Å². The standard InChI is InChI=1S/C12H17NO/c13-8-9-3-1-6-11(7-9)12(14)10-4-2-5-10/h1,3,6-7,10,12,14H,2,4-5,8,13H2. The molecule has 1 unspecified atom stereocenters. The number of benzene rings is 1. The lowest BCUT2D eigenvalue weighted by Gasteiger charge is -2.30. The van der Waals surface area contributed by atoms with Crippen LogP contribution in [0.15, 0.2) is 24.3 Å². The maximum atomic E-state index is 10.0. The van der Waals surface area contributed by atoms with Gasteiger partial charge < -0.3 is 10.8 Å². The molecular weight excluding hydrogens is 174 g/mol. The maximum absolute atomic E-state index is 10.0. The first kappa shape index (κ1) is 9.69. The molecule has 1 aliphatic rings. The first-order valence-electron chi connectivity index (χ1n) is 5.28. The summed E-state index contributed by atoms with van der Waals surface area (Å²) in [6, 6.07) is 7.97. The van der Waals surface area contributed by atoms with E-state index in [2.05, 4.69) is 0 Å². The highest BCUT2D eigenvalue weighted by atomic mass is 16.3. The first-order valence-corrected chi connectivity index (χ1v) is 5.28. The van der Waals surface area contributed by atoms with Crippen molar-refractivity contribution in [2.45, 2.75) is 31.9 Å². The molecule has 0 amide bonds. The lowest BCUT2D eigenvalue weighted by Crippen LogP contribution is -2.20.